The summed E-state index contributed by atoms with van der Waals surface area (Å²) in [6, 6.07) is 0. The Bertz CT molecular complexity index is 172. The number of aliphatic hydroxyl groups excluding tert-OH is 1. The molecule has 0 aromatic heterocycles. The van der Waals surface area contributed by atoms with E-state index in [9.17, 15) is 9.59 Å². The van der Waals surface area contributed by atoms with E-state index in [1.165, 1.54) is 6.92 Å². The molecule has 0 bridgehead atoms. The molecule has 0 spiro atoms. The molecule has 12 heavy (non-hydrogen) atoms. The molecule has 0 fully saturated rings. The highest BCUT2D eigenvalue weighted by Crippen LogP contribution is 2.01. The predicted molar refractivity (Wildman–Crippen MR) is 42.2 cm³/mol. The zero-order valence-corrected chi connectivity index (χ0v) is 7.53. The average molecular weight is 174 g/mol. The van der Waals surface area contributed by atoms with Crippen LogP contribution in [0.3, 0.4) is 0 Å². The van der Waals surface area contributed by atoms with E-state index < -0.39 is 18.0 Å². The van der Waals surface area contributed by atoms with Gasteiger partial charge in [-0.2, -0.15) is 0 Å². The summed E-state index contributed by atoms with van der Waals surface area (Å²) in [7, 11) is 0. The highest BCUT2D eigenvalue weighted by atomic mass is 16.6. The van der Waals surface area contributed by atoms with Gasteiger partial charge >= 0.3 is 11.9 Å². The Morgan fingerprint density at radius 3 is 2.17 bits per heavy atom. The molecule has 0 aliphatic carbocycles. The first kappa shape index (κ1) is 11.1. The molecule has 0 aliphatic rings. The lowest BCUT2D eigenvalue weighted by Gasteiger charge is -2.05. The number of carbonyl (C=O) groups is 2. The van der Waals surface area contributed by atoms with Gasteiger partial charge in [0.1, 0.15) is 6.10 Å². The molecule has 0 heterocycles. The highest BCUT2D eigenvalue weighted by Gasteiger charge is 2.15. The van der Waals surface area contributed by atoms with Gasteiger partial charge in [-0.25, -0.2) is 4.79 Å². The van der Waals surface area contributed by atoms with Crippen molar-refractivity contribution in [1.29, 1.82) is 0 Å². The second kappa shape index (κ2) is 4.87. The van der Waals surface area contributed by atoms with Crippen LogP contribution < -0.4 is 0 Å². The van der Waals surface area contributed by atoms with Crippen LogP contribution in [0.25, 0.3) is 0 Å². The van der Waals surface area contributed by atoms with Crippen molar-refractivity contribution < 1.29 is 19.4 Å². The Hall–Kier alpha value is -0.900. The van der Waals surface area contributed by atoms with Crippen molar-refractivity contribution in [3.8, 4) is 0 Å². The SMILES string of the molecule is CC(C)CC(=O)OC(=O)C(C)O. The van der Waals surface area contributed by atoms with Crippen molar-refractivity contribution in [3.63, 3.8) is 0 Å². The number of aliphatic hydroxyl groups is 1. The molecule has 0 aromatic carbocycles. The van der Waals surface area contributed by atoms with Gasteiger partial charge in [-0.3, -0.25) is 4.79 Å². The predicted octanol–water partition coefficient (Wildman–Crippen LogP) is 0.483. The smallest absolute Gasteiger partial charge is 0.342 e. The van der Waals surface area contributed by atoms with Crippen molar-refractivity contribution in [1.82, 2.24) is 0 Å². The zero-order chi connectivity index (χ0) is 9.72. The molecule has 1 atom stereocenters. The number of hydrogen-bond donors (Lipinski definition) is 1. The summed E-state index contributed by atoms with van der Waals surface area (Å²) in [6.45, 7) is 4.94. The fraction of sp³-hybridized carbons (Fsp3) is 0.750. The van der Waals surface area contributed by atoms with E-state index in [1.54, 1.807) is 0 Å². The maximum atomic E-state index is 10.8. The van der Waals surface area contributed by atoms with Crippen LogP contribution >= 0.6 is 0 Å². The van der Waals surface area contributed by atoms with E-state index in [4.69, 9.17) is 5.11 Å². The average Bonchev–Trinajstić information content (AvgIpc) is 1.84. The van der Waals surface area contributed by atoms with Crippen LogP contribution in [-0.4, -0.2) is 23.1 Å². The molecule has 1 unspecified atom stereocenters. The van der Waals surface area contributed by atoms with Crippen LogP contribution in [0, 0.1) is 5.92 Å². The molecule has 0 radical (unpaired) electrons. The molecule has 0 saturated carbocycles. The number of hydrogen-bond acceptors (Lipinski definition) is 4. The maximum absolute atomic E-state index is 10.8. The van der Waals surface area contributed by atoms with Crippen molar-refractivity contribution >= 4 is 11.9 Å². The van der Waals surface area contributed by atoms with E-state index in [-0.39, 0.29) is 12.3 Å². The zero-order valence-electron chi connectivity index (χ0n) is 7.53. The summed E-state index contributed by atoms with van der Waals surface area (Å²) in [5.41, 5.74) is 0. The topological polar surface area (TPSA) is 63.6 Å². The first-order valence-electron chi connectivity index (χ1n) is 3.86. The van der Waals surface area contributed by atoms with Gasteiger partial charge in [0, 0.05) is 6.42 Å². The number of ether oxygens (including phenoxy) is 1. The lowest BCUT2D eigenvalue weighted by Crippen LogP contribution is -2.23. The summed E-state index contributed by atoms with van der Waals surface area (Å²) in [4.78, 5) is 21.5. The largest absolute Gasteiger partial charge is 0.391 e. The van der Waals surface area contributed by atoms with Crippen molar-refractivity contribution in [3.05, 3.63) is 0 Å². The summed E-state index contributed by atoms with van der Waals surface area (Å²) in [6.07, 6.45) is -1.04. The number of rotatable bonds is 3. The lowest BCUT2D eigenvalue weighted by molar-refractivity contribution is -0.165. The standard InChI is InChI=1S/C8H14O4/c1-5(2)4-7(10)12-8(11)6(3)9/h5-6,9H,4H2,1-3H3. The van der Waals surface area contributed by atoms with E-state index in [2.05, 4.69) is 4.74 Å². The van der Waals surface area contributed by atoms with Gasteiger partial charge in [0.05, 0.1) is 0 Å². The summed E-state index contributed by atoms with van der Waals surface area (Å²) >= 11 is 0. The molecule has 0 aromatic rings. The molecule has 4 heteroatoms. The first-order chi connectivity index (χ1) is 5.43. The van der Waals surface area contributed by atoms with E-state index >= 15 is 0 Å². The molecule has 0 aliphatic heterocycles. The van der Waals surface area contributed by atoms with Crippen LogP contribution in [0.1, 0.15) is 27.2 Å². The quantitative estimate of drug-likeness (QED) is 0.499. The van der Waals surface area contributed by atoms with Gasteiger partial charge in [-0.1, -0.05) is 13.8 Å². The minimum Gasteiger partial charge on any atom is -0.391 e. The first-order valence-corrected chi connectivity index (χ1v) is 3.86. The minimum atomic E-state index is -1.24. The molecule has 0 saturated heterocycles. The molecular formula is C8H14O4. The van der Waals surface area contributed by atoms with Crippen LogP contribution in [0.2, 0.25) is 0 Å². The summed E-state index contributed by atoms with van der Waals surface area (Å²) in [5.74, 6) is -1.32. The second-order valence-corrected chi connectivity index (χ2v) is 3.07. The minimum absolute atomic E-state index is 0.152. The molecule has 0 amide bonds. The normalized spacial score (nSPS) is 12.8. The van der Waals surface area contributed by atoms with Crippen molar-refractivity contribution in [2.75, 3.05) is 0 Å². The maximum Gasteiger partial charge on any atom is 0.342 e. The van der Waals surface area contributed by atoms with Gasteiger partial charge in [-0.05, 0) is 12.8 Å². The number of carbonyl (C=O) groups excluding carboxylic acids is 2. The number of esters is 2. The fourth-order valence-corrected chi connectivity index (χ4v) is 0.572. The van der Waals surface area contributed by atoms with E-state index in [0.29, 0.717) is 0 Å². The van der Waals surface area contributed by atoms with Gasteiger partial charge in [0.25, 0.3) is 0 Å². The Labute approximate surface area is 71.5 Å². The van der Waals surface area contributed by atoms with Gasteiger partial charge in [0.15, 0.2) is 0 Å². The Morgan fingerprint density at radius 2 is 1.83 bits per heavy atom. The molecular weight excluding hydrogens is 160 g/mol. The third-order valence-corrected chi connectivity index (χ3v) is 1.13. The summed E-state index contributed by atoms with van der Waals surface area (Å²) in [5, 5.41) is 8.68. The monoisotopic (exact) mass is 174 g/mol. The second-order valence-electron chi connectivity index (χ2n) is 3.07. The van der Waals surface area contributed by atoms with Crippen LogP contribution in [-0.2, 0) is 14.3 Å². The lowest BCUT2D eigenvalue weighted by atomic mass is 10.1. The molecule has 1 N–H and O–H groups in total. The van der Waals surface area contributed by atoms with Crippen LogP contribution in [0.15, 0.2) is 0 Å². The Balaban J connectivity index is 3.77. The van der Waals surface area contributed by atoms with E-state index in [1.807, 2.05) is 13.8 Å². The van der Waals surface area contributed by atoms with Gasteiger partial charge in [-0.15, -0.1) is 0 Å². The Morgan fingerprint density at radius 1 is 1.33 bits per heavy atom. The van der Waals surface area contributed by atoms with Crippen molar-refractivity contribution in [2.45, 2.75) is 33.3 Å². The third-order valence-electron chi connectivity index (χ3n) is 1.13. The van der Waals surface area contributed by atoms with Crippen LogP contribution in [0.4, 0.5) is 0 Å². The fourth-order valence-electron chi connectivity index (χ4n) is 0.572. The van der Waals surface area contributed by atoms with Crippen molar-refractivity contribution in [2.24, 2.45) is 5.92 Å². The molecule has 4 nitrogen and oxygen atoms in total. The molecule has 70 valence electrons. The van der Waals surface area contributed by atoms with Gasteiger partial charge < -0.3 is 9.84 Å². The van der Waals surface area contributed by atoms with Crippen LogP contribution in [0.5, 0.6) is 0 Å². The Kier molecular flexibility index (Phi) is 4.51. The summed E-state index contributed by atoms with van der Waals surface area (Å²) < 4.78 is 4.29. The van der Waals surface area contributed by atoms with E-state index in [0.717, 1.165) is 0 Å². The molecule has 0 rings (SSSR count). The highest BCUT2D eigenvalue weighted by molar-refractivity contribution is 5.87. The van der Waals surface area contributed by atoms with Gasteiger partial charge in [0.2, 0.25) is 0 Å². The third kappa shape index (κ3) is 4.85.